The van der Waals surface area contributed by atoms with E-state index < -0.39 is 0 Å². The SMILES string of the molecule is Fc1ccc2c(c1)CC(CNCC1CCCCO1)O2. The number of hydrogen-bond acceptors (Lipinski definition) is 3. The largest absolute Gasteiger partial charge is 0.488 e. The molecule has 1 saturated heterocycles. The van der Waals surface area contributed by atoms with Crippen molar-refractivity contribution in [3.8, 4) is 5.75 Å². The van der Waals surface area contributed by atoms with Gasteiger partial charge in [-0.05, 0) is 37.5 Å². The minimum absolute atomic E-state index is 0.111. The van der Waals surface area contributed by atoms with Crippen LogP contribution >= 0.6 is 0 Å². The number of benzene rings is 1. The number of fused-ring (bicyclic) bond motifs is 1. The first-order valence-electron chi connectivity index (χ1n) is 7.08. The monoisotopic (exact) mass is 265 g/mol. The van der Waals surface area contributed by atoms with E-state index >= 15 is 0 Å². The maximum absolute atomic E-state index is 13.1. The molecular weight excluding hydrogens is 245 g/mol. The molecule has 1 N–H and O–H groups in total. The summed E-state index contributed by atoms with van der Waals surface area (Å²) in [6.45, 7) is 2.55. The molecule has 3 rings (SSSR count). The minimum Gasteiger partial charge on any atom is -0.488 e. The number of hydrogen-bond donors (Lipinski definition) is 1. The fraction of sp³-hybridized carbons (Fsp3) is 0.600. The zero-order chi connectivity index (χ0) is 13.1. The summed E-state index contributed by atoms with van der Waals surface area (Å²) in [6, 6.07) is 4.74. The summed E-state index contributed by atoms with van der Waals surface area (Å²) in [5.41, 5.74) is 0.973. The van der Waals surface area contributed by atoms with Crippen molar-refractivity contribution in [2.75, 3.05) is 19.7 Å². The molecule has 2 aliphatic rings. The van der Waals surface area contributed by atoms with Gasteiger partial charge in [-0.25, -0.2) is 4.39 Å². The smallest absolute Gasteiger partial charge is 0.123 e. The van der Waals surface area contributed by atoms with Gasteiger partial charge in [-0.1, -0.05) is 0 Å². The summed E-state index contributed by atoms with van der Waals surface area (Å²) >= 11 is 0. The van der Waals surface area contributed by atoms with Crippen LogP contribution in [0.2, 0.25) is 0 Å². The molecule has 4 heteroatoms. The molecule has 0 amide bonds. The second kappa shape index (κ2) is 5.88. The Morgan fingerprint density at radius 3 is 2.95 bits per heavy atom. The molecule has 104 valence electrons. The third kappa shape index (κ3) is 3.25. The van der Waals surface area contributed by atoms with E-state index in [0.717, 1.165) is 43.9 Å². The van der Waals surface area contributed by atoms with Crippen molar-refractivity contribution >= 4 is 0 Å². The Labute approximate surface area is 113 Å². The molecule has 1 fully saturated rings. The highest BCUT2D eigenvalue weighted by Gasteiger charge is 2.23. The molecule has 0 saturated carbocycles. The number of nitrogens with one attached hydrogen (secondary N) is 1. The molecule has 2 atom stereocenters. The predicted octanol–water partition coefficient (Wildman–Crippen LogP) is 2.29. The predicted molar refractivity (Wildman–Crippen MR) is 71.0 cm³/mol. The molecule has 1 aromatic carbocycles. The van der Waals surface area contributed by atoms with Gasteiger partial charge in [0.05, 0.1) is 6.10 Å². The molecule has 2 unspecified atom stereocenters. The van der Waals surface area contributed by atoms with Crippen molar-refractivity contribution in [1.82, 2.24) is 5.32 Å². The second-order valence-corrected chi connectivity index (χ2v) is 5.34. The summed E-state index contributed by atoms with van der Waals surface area (Å²) < 4.78 is 24.5. The van der Waals surface area contributed by atoms with Crippen LogP contribution < -0.4 is 10.1 Å². The quantitative estimate of drug-likeness (QED) is 0.906. The Morgan fingerprint density at radius 2 is 2.11 bits per heavy atom. The van der Waals surface area contributed by atoms with Gasteiger partial charge in [0.2, 0.25) is 0 Å². The molecule has 0 aliphatic carbocycles. The lowest BCUT2D eigenvalue weighted by Crippen LogP contribution is -2.37. The van der Waals surface area contributed by atoms with E-state index in [1.165, 1.54) is 18.9 Å². The van der Waals surface area contributed by atoms with Gasteiger partial charge < -0.3 is 14.8 Å². The van der Waals surface area contributed by atoms with Crippen LogP contribution in [0.3, 0.4) is 0 Å². The van der Waals surface area contributed by atoms with Crippen molar-refractivity contribution in [1.29, 1.82) is 0 Å². The summed E-state index contributed by atoms with van der Waals surface area (Å²) in [5.74, 6) is 0.633. The average molecular weight is 265 g/mol. The summed E-state index contributed by atoms with van der Waals surface area (Å²) in [6.07, 6.45) is 4.82. The van der Waals surface area contributed by atoms with Crippen molar-refractivity contribution < 1.29 is 13.9 Å². The molecule has 0 spiro atoms. The summed E-state index contributed by atoms with van der Waals surface area (Å²) in [4.78, 5) is 0. The summed E-state index contributed by atoms with van der Waals surface area (Å²) in [7, 11) is 0. The Bertz CT molecular complexity index is 432. The minimum atomic E-state index is -0.188. The standard InChI is InChI=1S/C15H20FNO2/c16-12-4-5-15-11(7-12)8-14(19-15)10-17-9-13-3-1-2-6-18-13/h4-5,7,13-14,17H,1-3,6,8-10H2. The van der Waals surface area contributed by atoms with Crippen LogP contribution in [-0.4, -0.2) is 31.9 Å². The lowest BCUT2D eigenvalue weighted by atomic mass is 10.1. The van der Waals surface area contributed by atoms with E-state index in [1.54, 1.807) is 12.1 Å². The van der Waals surface area contributed by atoms with E-state index in [4.69, 9.17) is 9.47 Å². The van der Waals surface area contributed by atoms with Crippen LogP contribution in [0.4, 0.5) is 4.39 Å². The van der Waals surface area contributed by atoms with Gasteiger partial charge in [-0.15, -0.1) is 0 Å². The van der Waals surface area contributed by atoms with E-state index in [-0.39, 0.29) is 11.9 Å². The zero-order valence-corrected chi connectivity index (χ0v) is 11.0. The van der Waals surface area contributed by atoms with Crippen molar-refractivity contribution in [3.05, 3.63) is 29.6 Å². The van der Waals surface area contributed by atoms with Gasteiger partial charge in [0, 0.05) is 31.7 Å². The third-order valence-electron chi connectivity index (χ3n) is 3.78. The van der Waals surface area contributed by atoms with Crippen LogP contribution in [0, 0.1) is 5.82 Å². The van der Waals surface area contributed by atoms with Gasteiger partial charge in [-0.3, -0.25) is 0 Å². The van der Waals surface area contributed by atoms with Gasteiger partial charge in [0.15, 0.2) is 0 Å². The van der Waals surface area contributed by atoms with E-state index in [2.05, 4.69) is 5.32 Å². The lowest BCUT2D eigenvalue weighted by Gasteiger charge is -2.23. The van der Waals surface area contributed by atoms with Crippen LogP contribution in [0.25, 0.3) is 0 Å². The highest BCUT2D eigenvalue weighted by Crippen LogP contribution is 2.28. The normalized spacial score (nSPS) is 25.9. The van der Waals surface area contributed by atoms with Crippen LogP contribution in [0.15, 0.2) is 18.2 Å². The Hall–Kier alpha value is -1.13. The van der Waals surface area contributed by atoms with E-state index in [9.17, 15) is 4.39 Å². The molecule has 1 aromatic rings. The fourth-order valence-corrected chi connectivity index (χ4v) is 2.78. The third-order valence-corrected chi connectivity index (χ3v) is 3.78. The first-order chi connectivity index (χ1) is 9.31. The van der Waals surface area contributed by atoms with Crippen LogP contribution in [-0.2, 0) is 11.2 Å². The first kappa shape index (κ1) is 12.9. The van der Waals surface area contributed by atoms with E-state index in [0.29, 0.717) is 6.10 Å². The Morgan fingerprint density at radius 1 is 1.21 bits per heavy atom. The van der Waals surface area contributed by atoms with Gasteiger partial charge in [0.25, 0.3) is 0 Å². The van der Waals surface area contributed by atoms with Crippen molar-refractivity contribution in [2.24, 2.45) is 0 Å². The molecule has 2 aliphatic heterocycles. The lowest BCUT2D eigenvalue weighted by molar-refractivity contribution is 0.0159. The summed E-state index contributed by atoms with van der Waals surface area (Å²) in [5, 5.41) is 3.40. The average Bonchev–Trinajstić information content (AvgIpc) is 2.82. The maximum atomic E-state index is 13.1. The highest BCUT2D eigenvalue weighted by molar-refractivity contribution is 5.37. The number of ether oxygens (including phenoxy) is 2. The highest BCUT2D eigenvalue weighted by atomic mass is 19.1. The molecule has 0 aromatic heterocycles. The molecule has 3 nitrogen and oxygen atoms in total. The van der Waals surface area contributed by atoms with Gasteiger partial charge >= 0.3 is 0 Å². The molecule has 2 heterocycles. The van der Waals surface area contributed by atoms with Crippen molar-refractivity contribution in [3.63, 3.8) is 0 Å². The topological polar surface area (TPSA) is 30.5 Å². The van der Waals surface area contributed by atoms with Crippen LogP contribution in [0.5, 0.6) is 5.75 Å². The first-order valence-corrected chi connectivity index (χ1v) is 7.08. The molecular formula is C15H20FNO2. The van der Waals surface area contributed by atoms with E-state index in [1.807, 2.05) is 0 Å². The second-order valence-electron chi connectivity index (χ2n) is 5.34. The number of rotatable bonds is 4. The number of halogens is 1. The molecule has 0 bridgehead atoms. The maximum Gasteiger partial charge on any atom is 0.123 e. The molecule has 19 heavy (non-hydrogen) atoms. The fourth-order valence-electron chi connectivity index (χ4n) is 2.78. The van der Waals surface area contributed by atoms with Crippen LogP contribution in [0.1, 0.15) is 24.8 Å². The molecule has 0 radical (unpaired) electrons. The Balaban J connectivity index is 1.43. The van der Waals surface area contributed by atoms with Crippen molar-refractivity contribution in [2.45, 2.75) is 37.9 Å². The van der Waals surface area contributed by atoms with Gasteiger partial charge in [-0.2, -0.15) is 0 Å². The van der Waals surface area contributed by atoms with Gasteiger partial charge in [0.1, 0.15) is 17.7 Å². The zero-order valence-electron chi connectivity index (χ0n) is 11.0. The Kier molecular flexibility index (Phi) is 3.99.